The van der Waals surface area contributed by atoms with E-state index in [4.69, 9.17) is 4.74 Å². The van der Waals surface area contributed by atoms with E-state index in [1.807, 2.05) is 85.2 Å². The Kier molecular flexibility index (Phi) is 5.64. The molecular weight excluding hydrogens is 473 g/mol. The summed E-state index contributed by atoms with van der Waals surface area (Å²) in [6.45, 7) is 0.457. The minimum Gasteiger partial charge on any atom is -0.489 e. The average Bonchev–Trinajstić information content (AvgIpc) is 3.53. The van der Waals surface area contributed by atoms with Crippen molar-refractivity contribution in [2.75, 3.05) is 0 Å². The largest absolute Gasteiger partial charge is 0.489 e. The van der Waals surface area contributed by atoms with Crippen molar-refractivity contribution >= 4 is 34.0 Å². The molecule has 0 bridgehead atoms. The van der Waals surface area contributed by atoms with Gasteiger partial charge in [0.25, 0.3) is 0 Å². The fraction of sp³-hybridized carbons (Fsp3) is 0.0645. The number of rotatable bonds is 5. The van der Waals surface area contributed by atoms with Crippen molar-refractivity contribution in [1.29, 1.82) is 0 Å². The quantitative estimate of drug-likeness (QED) is 0.286. The molecule has 0 fully saturated rings. The molecule has 0 saturated heterocycles. The number of ether oxygens (including phenoxy) is 1. The molecule has 0 unspecified atom stereocenters. The zero-order chi connectivity index (χ0) is 25.4. The molecular formula is C31H22F3N2O+. The van der Waals surface area contributed by atoms with Gasteiger partial charge in [0.05, 0.1) is 16.7 Å². The Bertz CT molecular complexity index is 1650. The van der Waals surface area contributed by atoms with E-state index in [-0.39, 0.29) is 0 Å². The zero-order valence-corrected chi connectivity index (χ0v) is 19.6. The number of hydrogen-bond donors (Lipinski definition) is 2. The monoisotopic (exact) mass is 495 g/mol. The molecule has 2 N–H and O–H groups in total. The van der Waals surface area contributed by atoms with Crippen LogP contribution in [0.15, 0.2) is 103 Å². The summed E-state index contributed by atoms with van der Waals surface area (Å²) in [6, 6.07) is 29.0. The molecule has 3 nitrogen and oxygen atoms in total. The van der Waals surface area contributed by atoms with Crippen LogP contribution >= 0.6 is 0 Å². The minimum atomic E-state index is -4.39. The van der Waals surface area contributed by atoms with Gasteiger partial charge in [-0.2, -0.15) is 13.2 Å². The van der Waals surface area contributed by atoms with Crippen LogP contribution in [0.3, 0.4) is 0 Å². The molecule has 6 heteroatoms. The topological polar surface area (TPSA) is 39.0 Å². The van der Waals surface area contributed by atoms with Gasteiger partial charge in [0.15, 0.2) is 6.21 Å². The van der Waals surface area contributed by atoms with Crippen molar-refractivity contribution in [3.8, 4) is 5.75 Å². The van der Waals surface area contributed by atoms with E-state index in [2.05, 4.69) is 9.98 Å². The van der Waals surface area contributed by atoms with E-state index < -0.39 is 11.7 Å². The number of fused-ring (bicyclic) bond motifs is 2. The van der Waals surface area contributed by atoms with Gasteiger partial charge < -0.3 is 9.72 Å². The summed E-state index contributed by atoms with van der Waals surface area (Å²) >= 11 is 0. The summed E-state index contributed by atoms with van der Waals surface area (Å²) < 4.78 is 45.8. The number of halogens is 3. The van der Waals surface area contributed by atoms with Crippen LogP contribution < -0.4 is 9.73 Å². The predicted molar refractivity (Wildman–Crippen MR) is 140 cm³/mol. The predicted octanol–water partition coefficient (Wildman–Crippen LogP) is 6.52. The third-order valence-electron chi connectivity index (χ3n) is 6.53. The first-order valence-electron chi connectivity index (χ1n) is 11.9. The minimum absolute atomic E-state index is 0.457. The summed E-state index contributed by atoms with van der Waals surface area (Å²) in [5.41, 5.74) is 6.59. The third-order valence-corrected chi connectivity index (χ3v) is 6.53. The molecule has 182 valence electrons. The second-order valence-corrected chi connectivity index (χ2v) is 8.88. The molecule has 2 heterocycles. The third kappa shape index (κ3) is 4.42. The first-order valence-corrected chi connectivity index (χ1v) is 11.9. The van der Waals surface area contributed by atoms with E-state index >= 15 is 0 Å². The van der Waals surface area contributed by atoms with Crippen molar-refractivity contribution in [3.05, 3.63) is 131 Å². The number of benzene rings is 4. The molecule has 0 aliphatic carbocycles. The maximum absolute atomic E-state index is 13.3. The number of allylic oxidation sites excluding steroid dienone is 1. The number of aromatic nitrogens is 1. The van der Waals surface area contributed by atoms with Crippen LogP contribution in [0, 0.1) is 0 Å². The zero-order valence-electron chi connectivity index (χ0n) is 19.6. The Labute approximate surface area is 211 Å². The van der Waals surface area contributed by atoms with Crippen molar-refractivity contribution in [2.45, 2.75) is 12.8 Å². The number of alkyl halides is 3. The Balaban J connectivity index is 1.44. The van der Waals surface area contributed by atoms with E-state index in [0.29, 0.717) is 12.2 Å². The van der Waals surface area contributed by atoms with Crippen molar-refractivity contribution in [3.63, 3.8) is 0 Å². The van der Waals surface area contributed by atoms with Gasteiger partial charge in [-0.1, -0.05) is 54.6 Å². The highest BCUT2D eigenvalue weighted by atomic mass is 19.4. The molecule has 0 amide bonds. The normalized spacial score (nSPS) is 14.1. The number of aromatic amines is 1. The SMILES string of the molecule is FC(F)(F)c1ccc(C(=C2C=[NH+]c3ccccc32)c2c[nH]c3cc(OCc4ccccc4)ccc23)cc1. The lowest BCUT2D eigenvalue weighted by atomic mass is 9.89. The molecule has 5 aromatic rings. The second kappa shape index (κ2) is 9.13. The van der Waals surface area contributed by atoms with E-state index in [9.17, 15) is 13.2 Å². The molecule has 6 rings (SSSR count). The number of hydrogen-bond acceptors (Lipinski definition) is 1. The summed E-state index contributed by atoms with van der Waals surface area (Å²) in [5.74, 6) is 0.730. The van der Waals surface area contributed by atoms with Gasteiger partial charge in [0, 0.05) is 40.4 Å². The van der Waals surface area contributed by atoms with Crippen molar-refractivity contribution in [1.82, 2.24) is 4.98 Å². The molecule has 1 aliphatic rings. The van der Waals surface area contributed by atoms with Gasteiger partial charge in [-0.05, 0) is 41.5 Å². The Morgan fingerprint density at radius 2 is 1.59 bits per heavy atom. The highest BCUT2D eigenvalue weighted by Gasteiger charge is 2.31. The molecule has 0 radical (unpaired) electrons. The van der Waals surface area contributed by atoms with E-state index in [1.165, 1.54) is 12.1 Å². The highest BCUT2D eigenvalue weighted by molar-refractivity contribution is 6.24. The highest BCUT2D eigenvalue weighted by Crippen LogP contribution is 2.39. The molecule has 37 heavy (non-hydrogen) atoms. The Morgan fingerprint density at radius 1 is 0.838 bits per heavy atom. The van der Waals surface area contributed by atoms with Gasteiger partial charge in [-0.25, -0.2) is 4.99 Å². The number of H-pyrrole nitrogens is 1. The van der Waals surface area contributed by atoms with Gasteiger partial charge in [0.2, 0.25) is 5.69 Å². The molecule has 1 aromatic heterocycles. The van der Waals surface area contributed by atoms with Crippen LogP contribution in [0.4, 0.5) is 18.9 Å². The lowest BCUT2D eigenvalue weighted by Crippen LogP contribution is -2.58. The summed E-state index contributed by atoms with van der Waals surface area (Å²) in [5, 5.41) is 0.951. The van der Waals surface area contributed by atoms with Gasteiger partial charge >= 0.3 is 6.18 Å². The Hall–Kier alpha value is -4.58. The average molecular weight is 496 g/mol. The van der Waals surface area contributed by atoms with E-state index in [0.717, 1.165) is 62.3 Å². The molecule has 0 atom stereocenters. The van der Waals surface area contributed by atoms with Crippen LogP contribution in [-0.4, -0.2) is 11.2 Å². The molecule has 4 aromatic carbocycles. The molecule has 0 spiro atoms. The number of nitrogens with one attached hydrogen (secondary N) is 2. The lowest BCUT2D eigenvalue weighted by molar-refractivity contribution is -0.342. The first kappa shape index (κ1) is 22.9. The van der Waals surface area contributed by atoms with Crippen molar-refractivity contribution in [2.24, 2.45) is 0 Å². The smallest absolute Gasteiger partial charge is 0.416 e. The standard InChI is InChI=1S/C31H21F3N2O/c32-31(33,34)22-12-10-21(11-13-22)30(26-17-35-28-9-5-4-8-24(26)28)27-18-36-29-16-23(14-15-25(27)29)37-19-20-6-2-1-3-7-20/h1-18,36H,19H2/p+1. The van der Waals surface area contributed by atoms with Gasteiger partial charge in [-0.15, -0.1) is 0 Å². The summed E-state index contributed by atoms with van der Waals surface area (Å²) in [6.07, 6.45) is -0.579. The molecule has 1 aliphatic heterocycles. The Morgan fingerprint density at radius 3 is 2.38 bits per heavy atom. The summed E-state index contributed by atoms with van der Waals surface area (Å²) in [7, 11) is 0. The lowest BCUT2D eigenvalue weighted by Gasteiger charge is -2.13. The van der Waals surface area contributed by atoms with Crippen molar-refractivity contribution < 1.29 is 22.9 Å². The number of para-hydroxylation sites is 1. The summed E-state index contributed by atoms with van der Waals surface area (Å²) in [4.78, 5) is 6.63. The van der Waals surface area contributed by atoms with E-state index in [1.54, 1.807) is 0 Å². The second-order valence-electron chi connectivity index (χ2n) is 8.88. The van der Waals surface area contributed by atoms with Gasteiger partial charge in [0.1, 0.15) is 12.4 Å². The van der Waals surface area contributed by atoms with Crippen LogP contribution in [0.1, 0.15) is 27.8 Å². The van der Waals surface area contributed by atoms with Crippen LogP contribution in [-0.2, 0) is 12.8 Å². The van der Waals surface area contributed by atoms with Crippen LogP contribution in [0.2, 0.25) is 0 Å². The van der Waals surface area contributed by atoms with Crippen LogP contribution in [0.5, 0.6) is 5.75 Å². The maximum Gasteiger partial charge on any atom is 0.416 e. The fourth-order valence-corrected chi connectivity index (χ4v) is 4.70. The first-order chi connectivity index (χ1) is 18.0. The van der Waals surface area contributed by atoms with Crippen LogP contribution in [0.25, 0.3) is 22.0 Å². The maximum atomic E-state index is 13.3. The molecule has 0 saturated carbocycles. The van der Waals surface area contributed by atoms with Gasteiger partial charge in [-0.3, -0.25) is 0 Å². The fourth-order valence-electron chi connectivity index (χ4n) is 4.70.